The Morgan fingerprint density at radius 1 is 1.65 bits per heavy atom. The molecule has 1 aliphatic heterocycles. The molecular formula is C11H16N4O2. The lowest BCUT2D eigenvalue weighted by atomic mass is 10.1. The van der Waals surface area contributed by atoms with E-state index in [2.05, 4.69) is 5.10 Å². The van der Waals surface area contributed by atoms with Crippen molar-refractivity contribution >= 4 is 18.0 Å². The normalized spacial score (nSPS) is 16.4. The number of hydrogen-bond acceptors (Lipinski definition) is 4. The Bertz CT molecular complexity index is 441. The van der Waals surface area contributed by atoms with E-state index in [0.29, 0.717) is 0 Å². The molecule has 17 heavy (non-hydrogen) atoms. The van der Waals surface area contributed by atoms with Gasteiger partial charge in [0.1, 0.15) is 18.1 Å². The minimum absolute atomic E-state index is 0.125. The van der Waals surface area contributed by atoms with Crippen molar-refractivity contribution < 1.29 is 9.59 Å². The molecule has 0 bridgehead atoms. The molecule has 2 N–H and O–H groups in total. The Kier molecular flexibility index (Phi) is 3.12. The second kappa shape index (κ2) is 4.57. The fourth-order valence-corrected chi connectivity index (χ4v) is 2.24. The van der Waals surface area contributed by atoms with Gasteiger partial charge in [0.05, 0.1) is 5.69 Å². The van der Waals surface area contributed by atoms with E-state index < -0.39 is 11.9 Å². The van der Waals surface area contributed by atoms with Crippen LogP contribution in [0.15, 0.2) is 6.07 Å². The number of amides is 1. The summed E-state index contributed by atoms with van der Waals surface area (Å²) in [4.78, 5) is 23.9. The number of carbonyl (C=O) groups excluding carboxylic acids is 2. The first-order valence-electron chi connectivity index (χ1n) is 5.67. The van der Waals surface area contributed by atoms with Crippen LogP contribution in [-0.2, 0) is 16.1 Å². The maximum atomic E-state index is 11.4. The molecule has 1 aromatic rings. The first-order chi connectivity index (χ1) is 8.13. The number of nitrogens with two attached hydrogens (primary N) is 1. The zero-order valence-corrected chi connectivity index (χ0v) is 9.80. The maximum Gasteiger partial charge on any atom is 0.240 e. The largest absolute Gasteiger partial charge is 0.368 e. The number of carbonyl (C=O) groups is 2. The second-order valence-electron chi connectivity index (χ2n) is 4.23. The quantitative estimate of drug-likeness (QED) is 0.737. The summed E-state index contributed by atoms with van der Waals surface area (Å²) in [5.74, 6) is 0.406. The molecule has 6 nitrogen and oxygen atoms in total. The molecule has 1 unspecified atom stereocenters. The van der Waals surface area contributed by atoms with Crippen molar-refractivity contribution in [2.75, 3.05) is 11.4 Å². The first-order valence-corrected chi connectivity index (χ1v) is 5.67. The molecule has 0 saturated heterocycles. The van der Waals surface area contributed by atoms with Gasteiger partial charge in [-0.2, -0.15) is 5.10 Å². The van der Waals surface area contributed by atoms with Gasteiger partial charge in [-0.1, -0.05) is 0 Å². The van der Waals surface area contributed by atoms with E-state index in [1.807, 2.05) is 22.6 Å². The second-order valence-corrected chi connectivity index (χ2v) is 4.23. The van der Waals surface area contributed by atoms with Crippen LogP contribution in [0.3, 0.4) is 0 Å². The van der Waals surface area contributed by atoms with E-state index in [-0.39, 0.29) is 6.42 Å². The molecule has 1 atom stereocenters. The molecular weight excluding hydrogens is 220 g/mol. The van der Waals surface area contributed by atoms with Crippen LogP contribution in [0.25, 0.3) is 0 Å². The van der Waals surface area contributed by atoms with E-state index in [4.69, 9.17) is 5.73 Å². The van der Waals surface area contributed by atoms with Gasteiger partial charge in [-0.3, -0.25) is 4.79 Å². The molecule has 6 heteroatoms. The van der Waals surface area contributed by atoms with Crippen LogP contribution < -0.4 is 10.6 Å². The summed E-state index contributed by atoms with van der Waals surface area (Å²) in [6, 6.07) is 1.35. The third-order valence-electron chi connectivity index (χ3n) is 2.97. The zero-order valence-electron chi connectivity index (χ0n) is 9.80. The minimum atomic E-state index is -0.567. The highest BCUT2D eigenvalue weighted by atomic mass is 16.1. The highest BCUT2D eigenvalue weighted by molar-refractivity contribution is 5.85. The van der Waals surface area contributed by atoms with Crippen LogP contribution in [-0.4, -0.2) is 34.6 Å². The molecule has 1 aliphatic rings. The molecule has 0 radical (unpaired) electrons. The minimum Gasteiger partial charge on any atom is -0.368 e. The van der Waals surface area contributed by atoms with E-state index in [1.165, 1.54) is 0 Å². The summed E-state index contributed by atoms with van der Waals surface area (Å²) in [6.07, 6.45) is 1.76. The monoisotopic (exact) mass is 236 g/mol. The van der Waals surface area contributed by atoms with E-state index in [9.17, 15) is 9.59 Å². The molecule has 0 fully saturated rings. The fraction of sp³-hybridized carbons (Fsp3) is 0.545. The lowest BCUT2D eigenvalue weighted by Gasteiger charge is -2.33. The van der Waals surface area contributed by atoms with Gasteiger partial charge in [0.15, 0.2) is 0 Å². The molecule has 1 amide bonds. The standard InChI is InChI=1S/C11H16N4O2/c1-8-7-10-14(4-2-5-15(10)13-8)9(3-6-16)11(12)17/h6-7,9H,2-5H2,1H3,(H2,12,17). The molecule has 0 aromatic carbocycles. The molecule has 0 spiro atoms. The summed E-state index contributed by atoms with van der Waals surface area (Å²) in [5.41, 5.74) is 6.25. The lowest BCUT2D eigenvalue weighted by molar-refractivity contribution is -0.121. The lowest BCUT2D eigenvalue weighted by Crippen LogP contribution is -2.48. The predicted molar refractivity (Wildman–Crippen MR) is 62.6 cm³/mol. The van der Waals surface area contributed by atoms with Crippen molar-refractivity contribution in [3.63, 3.8) is 0 Å². The average molecular weight is 236 g/mol. The summed E-state index contributed by atoms with van der Waals surface area (Å²) in [6.45, 7) is 3.47. The van der Waals surface area contributed by atoms with Crippen molar-refractivity contribution in [1.29, 1.82) is 0 Å². The summed E-state index contributed by atoms with van der Waals surface area (Å²) in [7, 11) is 0. The van der Waals surface area contributed by atoms with Crippen LogP contribution >= 0.6 is 0 Å². The van der Waals surface area contributed by atoms with Gasteiger partial charge in [-0.05, 0) is 13.3 Å². The molecule has 2 heterocycles. The predicted octanol–water partition coefficient (Wildman–Crippen LogP) is -0.155. The van der Waals surface area contributed by atoms with Gasteiger partial charge in [-0.25, -0.2) is 4.68 Å². The Morgan fingerprint density at radius 2 is 2.41 bits per heavy atom. The Labute approximate surface area is 99.4 Å². The van der Waals surface area contributed by atoms with Gasteiger partial charge in [-0.15, -0.1) is 0 Å². The number of fused-ring (bicyclic) bond motifs is 1. The van der Waals surface area contributed by atoms with Crippen molar-refractivity contribution in [2.24, 2.45) is 5.73 Å². The van der Waals surface area contributed by atoms with Crippen LogP contribution in [0.1, 0.15) is 18.5 Å². The molecule has 1 aromatic heterocycles. The highest BCUT2D eigenvalue weighted by Crippen LogP contribution is 2.24. The topological polar surface area (TPSA) is 81.2 Å². The summed E-state index contributed by atoms with van der Waals surface area (Å²) < 4.78 is 1.86. The highest BCUT2D eigenvalue weighted by Gasteiger charge is 2.28. The van der Waals surface area contributed by atoms with Crippen LogP contribution in [0, 0.1) is 6.92 Å². The number of rotatable bonds is 4. The maximum absolute atomic E-state index is 11.4. The van der Waals surface area contributed by atoms with Gasteiger partial charge in [0.2, 0.25) is 5.91 Å². The van der Waals surface area contributed by atoms with Crippen LogP contribution in [0.5, 0.6) is 0 Å². The molecule has 0 aliphatic carbocycles. The molecule has 0 saturated carbocycles. The number of hydrogen-bond donors (Lipinski definition) is 1. The molecule has 92 valence electrons. The van der Waals surface area contributed by atoms with Gasteiger partial charge >= 0.3 is 0 Å². The first kappa shape index (κ1) is 11.6. The fourth-order valence-electron chi connectivity index (χ4n) is 2.24. The van der Waals surface area contributed by atoms with Gasteiger partial charge in [0, 0.05) is 25.6 Å². The number of anilines is 1. The number of nitrogens with zero attached hydrogens (tertiary/aromatic N) is 3. The van der Waals surface area contributed by atoms with Crippen LogP contribution in [0.2, 0.25) is 0 Å². The van der Waals surface area contributed by atoms with Gasteiger partial charge in [0.25, 0.3) is 0 Å². The molecule has 2 rings (SSSR count). The Morgan fingerprint density at radius 3 is 3.06 bits per heavy atom. The number of aldehydes is 1. The van der Waals surface area contributed by atoms with Crippen molar-refractivity contribution in [3.05, 3.63) is 11.8 Å². The Hall–Kier alpha value is -1.85. The summed E-state index contributed by atoms with van der Waals surface area (Å²) >= 11 is 0. The van der Waals surface area contributed by atoms with Crippen molar-refractivity contribution in [1.82, 2.24) is 9.78 Å². The average Bonchev–Trinajstić information content (AvgIpc) is 2.65. The zero-order chi connectivity index (χ0) is 12.4. The van der Waals surface area contributed by atoms with E-state index in [1.54, 1.807) is 0 Å². The SMILES string of the molecule is Cc1cc2n(n1)CCCN2C(CC=O)C(N)=O. The van der Waals surface area contributed by atoms with Crippen LogP contribution in [0.4, 0.5) is 5.82 Å². The third kappa shape index (κ3) is 2.15. The number of aromatic nitrogens is 2. The number of aryl methyl sites for hydroxylation is 2. The number of primary amides is 1. The van der Waals surface area contributed by atoms with Crippen molar-refractivity contribution in [2.45, 2.75) is 32.4 Å². The van der Waals surface area contributed by atoms with E-state index in [0.717, 1.165) is 37.3 Å². The van der Waals surface area contributed by atoms with Gasteiger partial charge < -0.3 is 15.4 Å². The Balaban J connectivity index is 2.32. The summed E-state index contributed by atoms with van der Waals surface area (Å²) in [5, 5.41) is 4.34. The smallest absolute Gasteiger partial charge is 0.240 e. The van der Waals surface area contributed by atoms with E-state index >= 15 is 0 Å². The third-order valence-corrected chi connectivity index (χ3v) is 2.97. The van der Waals surface area contributed by atoms with Crippen molar-refractivity contribution in [3.8, 4) is 0 Å².